The fourth-order valence-corrected chi connectivity index (χ4v) is 10.6. The molecule has 0 heterocycles. The molecule has 10 aromatic rings. The number of nitrogens with zero attached hydrogens (tertiary/aromatic N) is 1. The summed E-state index contributed by atoms with van der Waals surface area (Å²) in [5.41, 5.74) is 17.7. The Bertz CT molecular complexity index is 3350. The molecule has 0 radical (unpaired) electrons. The topological polar surface area (TPSA) is 3.24 Å². The maximum Gasteiger partial charge on any atom is 0.0714 e. The van der Waals surface area contributed by atoms with Crippen LogP contribution in [0.15, 0.2) is 249 Å². The smallest absolute Gasteiger partial charge is 0.0714 e. The summed E-state index contributed by atoms with van der Waals surface area (Å²) in [7, 11) is 0. The van der Waals surface area contributed by atoms with Gasteiger partial charge in [0.05, 0.1) is 11.1 Å². The van der Waals surface area contributed by atoms with E-state index in [1.807, 2.05) is 0 Å². The molecule has 1 heteroatoms. The van der Waals surface area contributed by atoms with Crippen LogP contribution in [0.5, 0.6) is 0 Å². The van der Waals surface area contributed by atoms with Crippen LogP contribution in [0, 0.1) is 0 Å². The largest absolute Gasteiger partial charge is 0.310 e. The molecule has 2 aliphatic carbocycles. The van der Waals surface area contributed by atoms with Gasteiger partial charge >= 0.3 is 0 Å². The van der Waals surface area contributed by atoms with E-state index in [9.17, 15) is 0 Å². The Morgan fingerprint density at radius 2 is 0.938 bits per heavy atom. The lowest BCUT2D eigenvalue weighted by atomic mass is 9.67. The average Bonchev–Trinajstić information content (AvgIpc) is 3.68. The third-order valence-electron chi connectivity index (χ3n) is 13.5. The molecule has 10 aromatic carbocycles. The fraction of sp³-hybridized carbons (Fsp3) is 0.0476. The second-order valence-electron chi connectivity index (χ2n) is 17.1. The number of hydrogen-bond donors (Lipinski definition) is 0. The van der Waals surface area contributed by atoms with Gasteiger partial charge in [0, 0.05) is 16.9 Å². The lowest BCUT2D eigenvalue weighted by molar-refractivity contribution is 0.771. The van der Waals surface area contributed by atoms with Crippen LogP contribution in [0.25, 0.3) is 60.5 Å². The van der Waals surface area contributed by atoms with Gasteiger partial charge in [-0.25, -0.2) is 0 Å². The van der Waals surface area contributed by atoms with Gasteiger partial charge in [0.1, 0.15) is 0 Å². The molecule has 0 atom stereocenters. The van der Waals surface area contributed by atoms with E-state index in [2.05, 4.69) is 254 Å². The van der Waals surface area contributed by atoms with E-state index in [4.69, 9.17) is 0 Å². The summed E-state index contributed by atoms with van der Waals surface area (Å²) in [6, 6.07) is 85.8. The first-order valence-corrected chi connectivity index (χ1v) is 22.5. The second kappa shape index (κ2) is 15.7. The first kappa shape index (κ1) is 37.7. The molecule has 2 aliphatic rings. The van der Waals surface area contributed by atoms with E-state index in [1.165, 1.54) is 88.3 Å². The van der Waals surface area contributed by atoms with Crippen LogP contribution in [-0.4, -0.2) is 0 Å². The normalized spacial score (nSPS) is 13.7. The van der Waals surface area contributed by atoms with Gasteiger partial charge in [0.15, 0.2) is 0 Å². The molecule has 64 heavy (non-hydrogen) atoms. The monoisotopic (exact) mass is 815 g/mol. The van der Waals surface area contributed by atoms with Crippen molar-refractivity contribution in [1.82, 2.24) is 0 Å². The Balaban J connectivity index is 1.15. The van der Waals surface area contributed by atoms with Crippen LogP contribution in [0.4, 0.5) is 17.1 Å². The third kappa shape index (κ3) is 6.23. The summed E-state index contributed by atoms with van der Waals surface area (Å²) in [5.74, 6) is 0. The van der Waals surface area contributed by atoms with E-state index >= 15 is 0 Å². The van der Waals surface area contributed by atoms with Crippen molar-refractivity contribution in [2.75, 3.05) is 4.90 Å². The number of hydrogen-bond acceptors (Lipinski definition) is 1. The van der Waals surface area contributed by atoms with Crippen molar-refractivity contribution >= 4 is 44.2 Å². The molecule has 302 valence electrons. The van der Waals surface area contributed by atoms with Crippen LogP contribution in [-0.2, 0) is 5.41 Å². The molecule has 0 N–H and O–H groups in total. The minimum atomic E-state index is -0.593. The van der Waals surface area contributed by atoms with Crippen molar-refractivity contribution in [3.05, 3.63) is 277 Å². The molecular weight excluding hydrogens is 771 g/mol. The summed E-state index contributed by atoms with van der Waals surface area (Å²) in [6.07, 6.45) is 9.08. The van der Waals surface area contributed by atoms with Gasteiger partial charge in [0.2, 0.25) is 0 Å². The van der Waals surface area contributed by atoms with E-state index < -0.39 is 5.41 Å². The van der Waals surface area contributed by atoms with Crippen LogP contribution in [0.1, 0.15) is 40.7 Å². The highest BCUT2D eigenvalue weighted by Gasteiger charge is 2.47. The van der Waals surface area contributed by atoms with Crippen molar-refractivity contribution in [1.29, 1.82) is 0 Å². The van der Waals surface area contributed by atoms with Crippen LogP contribution in [0.2, 0.25) is 0 Å². The first-order chi connectivity index (χ1) is 31.7. The van der Waals surface area contributed by atoms with Crippen molar-refractivity contribution < 1.29 is 0 Å². The summed E-state index contributed by atoms with van der Waals surface area (Å²) in [6.45, 7) is 0. The van der Waals surface area contributed by atoms with Gasteiger partial charge < -0.3 is 4.90 Å². The molecule has 12 rings (SSSR count). The van der Waals surface area contributed by atoms with E-state index in [0.717, 1.165) is 29.9 Å². The number of benzene rings is 10. The van der Waals surface area contributed by atoms with Crippen molar-refractivity contribution in [2.24, 2.45) is 0 Å². The van der Waals surface area contributed by atoms with Gasteiger partial charge in [-0.2, -0.15) is 0 Å². The van der Waals surface area contributed by atoms with Crippen LogP contribution >= 0.6 is 0 Å². The van der Waals surface area contributed by atoms with Crippen molar-refractivity contribution in [2.45, 2.75) is 18.3 Å². The lowest BCUT2D eigenvalue weighted by Gasteiger charge is -2.34. The Morgan fingerprint density at radius 1 is 0.359 bits per heavy atom. The van der Waals surface area contributed by atoms with E-state index in [-0.39, 0.29) is 0 Å². The molecule has 0 saturated heterocycles. The minimum absolute atomic E-state index is 0.593. The molecule has 0 unspecified atom stereocenters. The number of allylic oxidation sites excluding steroid dienone is 4. The molecule has 0 spiro atoms. The molecule has 0 amide bonds. The standard InChI is InChI=1S/C63H45N/c1-4-17-44(18-5-1)48-33-38-55(39-34-48)64(54-25-8-3-9-26-54)61-40-35-51(45-19-6-2-7-20-45)43-58(61)56-28-16-30-60-62(56)57-27-14-15-29-59(57)63(60,52-36-31-46-21-10-12-23-49(46)41-52)53-37-32-47-22-11-13-24-50(47)42-53/h2-4,6-43H,1,5H2. The zero-order valence-corrected chi connectivity index (χ0v) is 35.5. The van der Waals surface area contributed by atoms with Crippen molar-refractivity contribution in [3.8, 4) is 33.4 Å². The van der Waals surface area contributed by atoms with Gasteiger partial charge in [-0.05, 0) is 144 Å². The van der Waals surface area contributed by atoms with Crippen LogP contribution < -0.4 is 4.90 Å². The highest BCUT2D eigenvalue weighted by atomic mass is 15.1. The summed E-state index contributed by atoms with van der Waals surface area (Å²) in [4.78, 5) is 2.44. The molecule has 0 aromatic heterocycles. The van der Waals surface area contributed by atoms with Gasteiger partial charge in [0.25, 0.3) is 0 Å². The summed E-state index contributed by atoms with van der Waals surface area (Å²) < 4.78 is 0. The highest BCUT2D eigenvalue weighted by Crippen LogP contribution is 2.60. The molecule has 0 bridgehead atoms. The SMILES string of the molecule is C1=CC(c2ccc(N(c3ccccc3)c3ccc(-c4ccccc4)cc3-c3cccc4c3-c3ccccc3C4(c3ccc4ccccc4c3)c3ccc4ccccc4c3)cc2)=CCC1. The fourth-order valence-electron chi connectivity index (χ4n) is 10.6. The van der Waals surface area contributed by atoms with Gasteiger partial charge in [-0.15, -0.1) is 0 Å². The van der Waals surface area contributed by atoms with E-state index in [1.54, 1.807) is 0 Å². The second-order valence-corrected chi connectivity index (χ2v) is 17.1. The summed E-state index contributed by atoms with van der Waals surface area (Å²) in [5, 5.41) is 4.95. The maximum absolute atomic E-state index is 2.44. The first-order valence-electron chi connectivity index (χ1n) is 22.5. The Labute approximate surface area is 375 Å². The number of rotatable bonds is 8. The maximum atomic E-state index is 2.44. The number of anilines is 3. The third-order valence-corrected chi connectivity index (χ3v) is 13.5. The number of para-hydroxylation sites is 1. The zero-order valence-electron chi connectivity index (χ0n) is 35.5. The Kier molecular flexibility index (Phi) is 9.27. The average molecular weight is 816 g/mol. The quantitative estimate of drug-likeness (QED) is 0.148. The van der Waals surface area contributed by atoms with Crippen molar-refractivity contribution in [3.63, 3.8) is 0 Å². The zero-order chi connectivity index (χ0) is 42.5. The highest BCUT2D eigenvalue weighted by molar-refractivity contribution is 6.02. The summed E-state index contributed by atoms with van der Waals surface area (Å²) >= 11 is 0. The molecule has 1 nitrogen and oxygen atoms in total. The predicted octanol–water partition coefficient (Wildman–Crippen LogP) is 16.9. The van der Waals surface area contributed by atoms with Crippen LogP contribution in [0.3, 0.4) is 0 Å². The molecule has 0 saturated carbocycles. The lowest BCUT2D eigenvalue weighted by Crippen LogP contribution is -2.28. The Morgan fingerprint density at radius 3 is 1.62 bits per heavy atom. The number of fused-ring (bicyclic) bond motifs is 5. The van der Waals surface area contributed by atoms with Gasteiger partial charge in [-0.1, -0.05) is 200 Å². The van der Waals surface area contributed by atoms with Gasteiger partial charge in [-0.3, -0.25) is 0 Å². The minimum Gasteiger partial charge on any atom is -0.310 e. The molecule has 0 fully saturated rings. The Hall–Kier alpha value is -8.00. The molecular formula is C63H45N. The molecule has 0 aliphatic heterocycles. The predicted molar refractivity (Wildman–Crippen MR) is 271 cm³/mol. The van der Waals surface area contributed by atoms with E-state index in [0.29, 0.717) is 0 Å².